The highest BCUT2D eigenvalue weighted by atomic mass is 79.9. The second kappa shape index (κ2) is 2.53. The van der Waals surface area contributed by atoms with Crippen LogP contribution < -0.4 is 0 Å². The van der Waals surface area contributed by atoms with Gasteiger partial charge in [0.25, 0.3) is 0 Å². The molecule has 0 atom stereocenters. The van der Waals surface area contributed by atoms with Gasteiger partial charge in [-0.2, -0.15) is 0 Å². The Balaban J connectivity index is 3.17. The van der Waals surface area contributed by atoms with E-state index in [0.717, 1.165) is 0 Å². The standard InChI is InChI=1S/C3H5Br2Cl/c1-3(4,5)2-6/h2H2,1H3. The molecule has 0 N–H and O–H groups in total. The Bertz CT molecular complexity index is 38.5. The van der Waals surface area contributed by atoms with Crippen molar-refractivity contribution in [2.45, 2.75) is 10.2 Å². The minimum Gasteiger partial charge on any atom is -0.124 e. The van der Waals surface area contributed by atoms with Gasteiger partial charge in [-0.1, -0.05) is 31.9 Å². The summed E-state index contributed by atoms with van der Waals surface area (Å²) in [5, 5.41) is 0. The highest BCUT2D eigenvalue weighted by molar-refractivity contribution is 9.25. The normalized spacial score (nSPS) is 12.0. The second-order valence-corrected chi connectivity index (χ2v) is 6.04. The highest BCUT2D eigenvalue weighted by Gasteiger charge is 2.10. The number of hydrogen-bond acceptors (Lipinski definition) is 0. The molecule has 0 rings (SSSR count). The molecule has 0 bridgehead atoms. The first-order valence-electron chi connectivity index (χ1n) is 1.50. The van der Waals surface area contributed by atoms with Crippen molar-refractivity contribution in [2.24, 2.45) is 0 Å². The zero-order chi connectivity index (χ0) is 5.21. The summed E-state index contributed by atoms with van der Waals surface area (Å²) in [7, 11) is 0. The van der Waals surface area contributed by atoms with Crippen LogP contribution in [-0.4, -0.2) is 9.11 Å². The number of alkyl halides is 3. The minimum absolute atomic E-state index is 0.0679. The van der Waals surface area contributed by atoms with Gasteiger partial charge in [-0.15, -0.1) is 11.6 Å². The van der Waals surface area contributed by atoms with Crippen molar-refractivity contribution < 1.29 is 0 Å². The van der Waals surface area contributed by atoms with E-state index >= 15 is 0 Å². The molecule has 0 saturated heterocycles. The van der Waals surface area contributed by atoms with Gasteiger partial charge in [0, 0.05) is 5.88 Å². The fraction of sp³-hybridized carbons (Fsp3) is 1.00. The van der Waals surface area contributed by atoms with E-state index in [9.17, 15) is 0 Å². The third-order valence-corrected chi connectivity index (χ3v) is 1.98. The quantitative estimate of drug-likeness (QED) is 0.614. The van der Waals surface area contributed by atoms with Gasteiger partial charge in [0.2, 0.25) is 0 Å². The van der Waals surface area contributed by atoms with Gasteiger partial charge in [-0.3, -0.25) is 0 Å². The molecule has 0 spiro atoms. The molecule has 0 fully saturated rings. The van der Waals surface area contributed by atoms with Crippen molar-refractivity contribution in [3.05, 3.63) is 0 Å². The first-order valence-corrected chi connectivity index (χ1v) is 3.62. The zero-order valence-electron chi connectivity index (χ0n) is 3.34. The summed E-state index contributed by atoms with van der Waals surface area (Å²) in [4.78, 5) is 0. The van der Waals surface area contributed by atoms with Crippen molar-refractivity contribution in [2.75, 3.05) is 5.88 Å². The van der Waals surface area contributed by atoms with Crippen LogP contribution in [0, 0.1) is 0 Å². The number of halogens is 3. The van der Waals surface area contributed by atoms with Crippen molar-refractivity contribution in [3.63, 3.8) is 0 Å². The van der Waals surface area contributed by atoms with Gasteiger partial charge in [-0.25, -0.2) is 0 Å². The lowest BCUT2D eigenvalue weighted by Gasteiger charge is -2.05. The van der Waals surface area contributed by atoms with E-state index in [1.54, 1.807) is 0 Å². The molecule has 0 aromatic heterocycles. The molecule has 0 radical (unpaired) electrons. The molecule has 38 valence electrons. The fourth-order valence-electron chi connectivity index (χ4n) is 0. The lowest BCUT2D eigenvalue weighted by Crippen LogP contribution is -2.04. The van der Waals surface area contributed by atoms with Crippen LogP contribution in [0.2, 0.25) is 0 Å². The number of rotatable bonds is 1. The molecule has 0 aliphatic heterocycles. The Hall–Kier alpha value is 1.25. The molecule has 0 aliphatic carbocycles. The molecule has 0 nitrogen and oxygen atoms in total. The maximum Gasteiger partial charge on any atom is 0.0912 e. The summed E-state index contributed by atoms with van der Waals surface area (Å²) in [6.45, 7) is 1.94. The zero-order valence-corrected chi connectivity index (χ0v) is 7.27. The summed E-state index contributed by atoms with van der Waals surface area (Å²) in [6, 6.07) is 0. The maximum atomic E-state index is 5.38. The third-order valence-electron chi connectivity index (χ3n) is 0.235. The molecule has 0 unspecified atom stereocenters. The van der Waals surface area contributed by atoms with E-state index in [4.69, 9.17) is 11.6 Å². The van der Waals surface area contributed by atoms with Gasteiger partial charge >= 0.3 is 0 Å². The van der Waals surface area contributed by atoms with Crippen LogP contribution in [0.1, 0.15) is 6.92 Å². The monoisotopic (exact) mass is 234 g/mol. The first kappa shape index (κ1) is 7.25. The van der Waals surface area contributed by atoms with E-state index in [-0.39, 0.29) is 3.23 Å². The SMILES string of the molecule is CC(Br)(Br)CCl. The van der Waals surface area contributed by atoms with Gasteiger partial charge in [0.1, 0.15) is 0 Å². The Labute approximate surface area is 59.5 Å². The van der Waals surface area contributed by atoms with Gasteiger partial charge < -0.3 is 0 Å². The van der Waals surface area contributed by atoms with Gasteiger partial charge in [0.05, 0.1) is 3.23 Å². The Morgan fingerprint density at radius 1 is 1.67 bits per heavy atom. The lowest BCUT2D eigenvalue weighted by molar-refractivity contribution is 1.09. The predicted molar refractivity (Wildman–Crippen MR) is 37.0 cm³/mol. The second-order valence-electron chi connectivity index (χ2n) is 1.20. The predicted octanol–water partition coefficient (Wildman–Crippen LogP) is 2.73. The summed E-state index contributed by atoms with van der Waals surface area (Å²) in [5.74, 6) is 0.576. The molecule has 0 aliphatic rings. The molecule has 3 heteroatoms. The van der Waals surface area contributed by atoms with E-state index < -0.39 is 0 Å². The van der Waals surface area contributed by atoms with E-state index in [1.807, 2.05) is 6.92 Å². The lowest BCUT2D eigenvalue weighted by atomic mass is 10.6. The smallest absolute Gasteiger partial charge is 0.0912 e. The minimum atomic E-state index is -0.0679. The average Bonchev–Trinajstić information content (AvgIpc) is 1.35. The molecule has 0 saturated carbocycles. The molecule has 6 heavy (non-hydrogen) atoms. The first-order chi connectivity index (χ1) is 2.56. The number of hydrogen-bond donors (Lipinski definition) is 0. The fourth-order valence-corrected chi connectivity index (χ4v) is 0. The van der Waals surface area contributed by atoms with Crippen molar-refractivity contribution in [1.82, 2.24) is 0 Å². The van der Waals surface area contributed by atoms with Crippen LogP contribution in [0.3, 0.4) is 0 Å². The van der Waals surface area contributed by atoms with Gasteiger partial charge in [-0.05, 0) is 6.92 Å². The Morgan fingerprint density at radius 3 is 1.83 bits per heavy atom. The van der Waals surface area contributed by atoms with Crippen LogP contribution in [0.15, 0.2) is 0 Å². The summed E-state index contributed by atoms with van der Waals surface area (Å²) in [6.07, 6.45) is 0. The third kappa shape index (κ3) is 5.25. The summed E-state index contributed by atoms with van der Waals surface area (Å²) in [5.41, 5.74) is 0. The van der Waals surface area contributed by atoms with Crippen molar-refractivity contribution in [3.8, 4) is 0 Å². The molecule has 0 aromatic carbocycles. The highest BCUT2D eigenvalue weighted by Crippen LogP contribution is 2.25. The summed E-state index contributed by atoms with van der Waals surface area (Å²) < 4.78 is -0.0679. The van der Waals surface area contributed by atoms with Crippen molar-refractivity contribution in [1.29, 1.82) is 0 Å². The molecule has 0 amide bonds. The van der Waals surface area contributed by atoms with Crippen LogP contribution in [0.5, 0.6) is 0 Å². The van der Waals surface area contributed by atoms with Crippen LogP contribution in [-0.2, 0) is 0 Å². The molecular formula is C3H5Br2Cl. The maximum absolute atomic E-state index is 5.38. The molecule has 0 aromatic rings. The van der Waals surface area contributed by atoms with E-state index in [0.29, 0.717) is 5.88 Å². The summed E-state index contributed by atoms with van der Waals surface area (Å²) >= 11 is 11.9. The van der Waals surface area contributed by atoms with Crippen LogP contribution in [0.25, 0.3) is 0 Å². The average molecular weight is 236 g/mol. The Morgan fingerprint density at radius 2 is 1.83 bits per heavy atom. The van der Waals surface area contributed by atoms with Crippen LogP contribution in [0.4, 0.5) is 0 Å². The van der Waals surface area contributed by atoms with Gasteiger partial charge in [0.15, 0.2) is 0 Å². The topological polar surface area (TPSA) is 0 Å². The molecular weight excluding hydrogens is 231 g/mol. The van der Waals surface area contributed by atoms with Crippen LogP contribution >= 0.6 is 43.5 Å². The van der Waals surface area contributed by atoms with E-state index in [2.05, 4.69) is 31.9 Å². The Kier molecular flexibility index (Phi) is 3.06. The largest absolute Gasteiger partial charge is 0.124 e. The van der Waals surface area contributed by atoms with E-state index in [1.165, 1.54) is 0 Å². The molecule has 0 heterocycles. The van der Waals surface area contributed by atoms with Crippen molar-refractivity contribution >= 4 is 43.5 Å².